The molecule has 0 radical (unpaired) electrons. The van der Waals surface area contributed by atoms with E-state index in [2.05, 4.69) is 40.6 Å². The van der Waals surface area contributed by atoms with Gasteiger partial charge in [0.15, 0.2) is 0 Å². The molecule has 2 aromatic carbocycles. The molecule has 31 heavy (non-hydrogen) atoms. The molecule has 1 aliphatic heterocycles. The Morgan fingerprint density at radius 3 is 2.65 bits per heavy atom. The van der Waals surface area contributed by atoms with E-state index in [1.54, 1.807) is 11.1 Å². The maximum Gasteiger partial charge on any atom is 0.222 e. The molecular formula is C26H29N3O2. The number of likely N-dealkylation sites (N-methyl/N-ethyl adjacent to an activating group) is 1. The fourth-order valence-electron chi connectivity index (χ4n) is 4.41. The van der Waals surface area contributed by atoms with Crippen LogP contribution in [0.5, 0.6) is 0 Å². The molecule has 0 saturated carbocycles. The van der Waals surface area contributed by atoms with Gasteiger partial charge in [0, 0.05) is 50.3 Å². The first-order valence-electron chi connectivity index (χ1n) is 11.0. The molecule has 1 aromatic heterocycles. The van der Waals surface area contributed by atoms with Gasteiger partial charge in [-0.05, 0) is 47.7 Å². The largest absolute Gasteiger partial charge is 0.350 e. The Hall–Kier alpha value is -3.21. The SMILES string of the molecule is CN(CCc1ccccn1)C(=O)CC[C@]1(Cc2ccc3ccccc3c2)CCC(=O)N1. The molecule has 160 valence electrons. The smallest absolute Gasteiger partial charge is 0.222 e. The number of nitrogens with zero attached hydrogens (tertiary/aromatic N) is 2. The maximum atomic E-state index is 12.8. The zero-order valence-corrected chi connectivity index (χ0v) is 18.0. The van der Waals surface area contributed by atoms with Crippen LogP contribution in [0.1, 0.15) is 36.9 Å². The van der Waals surface area contributed by atoms with Crippen molar-refractivity contribution < 1.29 is 9.59 Å². The van der Waals surface area contributed by atoms with Gasteiger partial charge in [0.1, 0.15) is 0 Å². The molecule has 0 aliphatic carbocycles. The van der Waals surface area contributed by atoms with Crippen LogP contribution in [0, 0.1) is 0 Å². The number of amides is 2. The average Bonchev–Trinajstić information content (AvgIpc) is 3.16. The summed E-state index contributed by atoms with van der Waals surface area (Å²) in [4.78, 5) is 30.9. The van der Waals surface area contributed by atoms with E-state index in [4.69, 9.17) is 0 Å². The standard InChI is InChI=1S/C26H29N3O2/c1-29(17-13-23-8-4-5-16-27-23)25(31)12-15-26(14-11-24(30)28-26)19-20-9-10-21-6-2-3-7-22(21)18-20/h2-10,16,18H,11-15,17,19H2,1H3,(H,28,30)/t26-/m0/s1. The predicted molar refractivity (Wildman–Crippen MR) is 123 cm³/mol. The first-order chi connectivity index (χ1) is 15.0. The van der Waals surface area contributed by atoms with Gasteiger partial charge in [-0.2, -0.15) is 0 Å². The van der Waals surface area contributed by atoms with Gasteiger partial charge in [-0.25, -0.2) is 0 Å². The third-order valence-corrected chi connectivity index (χ3v) is 6.26. The number of benzene rings is 2. The molecular weight excluding hydrogens is 386 g/mol. The summed E-state index contributed by atoms with van der Waals surface area (Å²) >= 11 is 0. The molecule has 4 rings (SSSR count). The van der Waals surface area contributed by atoms with Crippen molar-refractivity contribution in [1.82, 2.24) is 15.2 Å². The van der Waals surface area contributed by atoms with E-state index in [1.165, 1.54) is 16.3 Å². The molecule has 5 heteroatoms. The first kappa shape index (κ1) is 21.0. The summed E-state index contributed by atoms with van der Waals surface area (Å²) in [5.41, 5.74) is 1.83. The molecule has 2 amide bonds. The summed E-state index contributed by atoms with van der Waals surface area (Å²) in [6.07, 6.45) is 5.62. The highest BCUT2D eigenvalue weighted by Crippen LogP contribution is 2.31. The number of aromatic nitrogens is 1. The lowest BCUT2D eigenvalue weighted by molar-refractivity contribution is -0.130. The van der Waals surface area contributed by atoms with Crippen molar-refractivity contribution in [3.63, 3.8) is 0 Å². The van der Waals surface area contributed by atoms with E-state index in [-0.39, 0.29) is 17.4 Å². The van der Waals surface area contributed by atoms with Crippen molar-refractivity contribution in [2.45, 2.75) is 44.1 Å². The highest BCUT2D eigenvalue weighted by Gasteiger charge is 2.38. The van der Waals surface area contributed by atoms with Crippen LogP contribution in [0.15, 0.2) is 66.9 Å². The lowest BCUT2D eigenvalue weighted by Crippen LogP contribution is -2.44. The molecule has 1 atom stereocenters. The number of carbonyl (C=O) groups excluding carboxylic acids is 2. The second kappa shape index (κ2) is 9.29. The zero-order chi connectivity index (χ0) is 21.7. The van der Waals surface area contributed by atoms with Gasteiger partial charge in [0.05, 0.1) is 0 Å². The Labute approximate surface area is 183 Å². The Kier molecular flexibility index (Phi) is 6.31. The summed E-state index contributed by atoms with van der Waals surface area (Å²) < 4.78 is 0. The average molecular weight is 416 g/mol. The van der Waals surface area contributed by atoms with Crippen LogP contribution in [0.3, 0.4) is 0 Å². The van der Waals surface area contributed by atoms with E-state index in [1.807, 2.05) is 37.4 Å². The lowest BCUT2D eigenvalue weighted by Gasteiger charge is -2.30. The van der Waals surface area contributed by atoms with E-state index in [9.17, 15) is 9.59 Å². The van der Waals surface area contributed by atoms with Gasteiger partial charge in [-0.1, -0.05) is 48.5 Å². The number of hydrogen-bond donors (Lipinski definition) is 1. The van der Waals surface area contributed by atoms with Gasteiger partial charge < -0.3 is 10.2 Å². The van der Waals surface area contributed by atoms with Gasteiger partial charge in [-0.15, -0.1) is 0 Å². The predicted octanol–water partition coefficient (Wildman–Crippen LogP) is 3.91. The van der Waals surface area contributed by atoms with Gasteiger partial charge in [0.25, 0.3) is 0 Å². The topological polar surface area (TPSA) is 62.3 Å². The minimum Gasteiger partial charge on any atom is -0.350 e. The van der Waals surface area contributed by atoms with E-state index < -0.39 is 0 Å². The molecule has 1 saturated heterocycles. The van der Waals surface area contributed by atoms with E-state index >= 15 is 0 Å². The Balaban J connectivity index is 1.39. The van der Waals surface area contributed by atoms with Crippen molar-refractivity contribution in [2.24, 2.45) is 0 Å². The first-order valence-corrected chi connectivity index (χ1v) is 11.0. The quantitative estimate of drug-likeness (QED) is 0.607. The van der Waals surface area contributed by atoms with Crippen molar-refractivity contribution >= 4 is 22.6 Å². The molecule has 1 N–H and O–H groups in total. The van der Waals surface area contributed by atoms with Crippen LogP contribution in [-0.2, 0) is 22.4 Å². The summed E-state index contributed by atoms with van der Waals surface area (Å²) in [5, 5.41) is 5.60. The number of rotatable bonds is 8. The lowest BCUT2D eigenvalue weighted by atomic mass is 9.84. The molecule has 1 aliphatic rings. The zero-order valence-electron chi connectivity index (χ0n) is 18.0. The second-order valence-corrected chi connectivity index (χ2v) is 8.57. The van der Waals surface area contributed by atoms with Crippen LogP contribution < -0.4 is 5.32 Å². The number of nitrogens with one attached hydrogen (secondary N) is 1. The maximum absolute atomic E-state index is 12.8. The van der Waals surface area contributed by atoms with E-state index in [0.717, 1.165) is 25.0 Å². The molecule has 0 spiro atoms. The molecule has 0 unspecified atom stereocenters. The molecule has 0 bridgehead atoms. The second-order valence-electron chi connectivity index (χ2n) is 8.57. The molecule has 3 aromatic rings. The Bertz CT molecular complexity index is 1070. The highest BCUT2D eigenvalue weighted by atomic mass is 16.2. The fourth-order valence-corrected chi connectivity index (χ4v) is 4.41. The van der Waals surface area contributed by atoms with Crippen LogP contribution in [-0.4, -0.2) is 40.8 Å². The van der Waals surface area contributed by atoms with Crippen LogP contribution in [0.4, 0.5) is 0 Å². The van der Waals surface area contributed by atoms with Crippen LogP contribution in [0.2, 0.25) is 0 Å². The third-order valence-electron chi connectivity index (χ3n) is 6.26. The monoisotopic (exact) mass is 415 g/mol. The summed E-state index contributed by atoms with van der Waals surface area (Å²) in [6.45, 7) is 0.639. The summed E-state index contributed by atoms with van der Waals surface area (Å²) in [6, 6.07) is 20.6. The van der Waals surface area contributed by atoms with Crippen LogP contribution in [0.25, 0.3) is 10.8 Å². The summed E-state index contributed by atoms with van der Waals surface area (Å²) in [5.74, 6) is 0.187. The molecule has 1 fully saturated rings. The van der Waals surface area contributed by atoms with Crippen molar-refractivity contribution in [3.05, 3.63) is 78.1 Å². The normalized spacial score (nSPS) is 18.2. The van der Waals surface area contributed by atoms with Crippen molar-refractivity contribution in [1.29, 1.82) is 0 Å². The molecule has 5 nitrogen and oxygen atoms in total. The van der Waals surface area contributed by atoms with Crippen LogP contribution >= 0.6 is 0 Å². The highest BCUT2D eigenvalue weighted by molar-refractivity contribution is 5.83. The van der Waals surface area contributed by atoms with E-state index in [0.29, 0.717) is 25.8 Å². The number of fused-ring (bicyclic) bond motifs is 1. The molecule has 2 heterocycles. The number of carbonyl (C=O) groups is 2. The third kappa shape index (κ3) is 5.29. The minimum absolute atomic E-state index is 0.0803. The Morgan fingerprint density at radius 2 is 1.90 bits per heavy atom. The number of pyridine rings is 1. The van der Waals surface area contributed by atoms with Crippen molar-refractivity contribution in [2.75, 3.05) is 13.6 Å². The van der Waals surface area contributed by atoms with Crippen molar-refractivity contribution in [3.8, 4) is 0 Å². The number of hydrogen-bond acceptors (Lipinski definition) is 3. The summed E-state index contributed by atoms with van der Waals surface area (Å²) in [7, 11) is 1.84. The Morgan fingerprint density at radius 1 is 1.10 bits per heavy atom. The minimum atomic E-state index is -0.350. The van der Waals surface area contributed by atoms with Gasteiger partial charge in [0.2, 0.25) is 11.8 Å². The van der Waals surface area contributed by atoms with Gasteiger partial charge in [-0.3, -0.25) is 14.6 Å². The van der Waals surface area contributed by atoms with Gasteiger partial charge >= 0.3 is 0 Å². The fraction of sp³-hybridized carbons (Fsp3) is 0.346.